The fourth-order valence-electron chi connectivity index (χ4n) is 2.10. The summed E-state index contributed by atoms with van der Waals surface area (Å²) in [5.41, 5.74) is 6.97. The molecule has 9 heteroatoms. The molecule has 0 amide bonds. The predicted octanol–water partition coefficient (Wildman–Crippen LogP) is 3.80. The molecule has 0 aliphatic heterocycles. The lowest BCUT2D eigenvalue weighted by molar-refractivity contribution is -0.0512. The van der Waals surface area contributed by atoms with Crippen LogP contribution in [0.3, 0.4) is 0 Å². The summed E-state index contributed by atoms with van der Waals surface area (Å²) in [5.74, 6) is 0.618. The van der Waals surface area contributed by atoms with Crippen molar-refractivity contribution in [3.63, 3.8) is 0 Å². The Labute approximate surface area is 154 Å². The second-order valence-corrected chi connectivity index (χ2v) is 5.39. The van der Waals surface area contributed by atoms with Crippen LogP contribution in [0.4, 0.5) is 8.78 Å². The van der Waals surface area contributed by atoms with E-state index in [4.69, 9.17) is 31.6 Å². The molecule has 26 heavy (non-hydrogen) atoms. The third kappa shape index (κ3) is 5.13. The van der Waals surface area contributed by atoms with Crippen LogP contribution in [0.15, 0.2) is 41.6 Å². The van der Waals surface area contributed by atoms with Crippen LogP contribution in [-0.4, -0.2) is 26.7 Å². The van der Waals surface area contributed by atoms with E-state index in [9.17, 15) is 8.78 Å². The molecule has 0 saturated heterocycles. The Hall–Kier alpha value is -2.74. The molecule has 0 saturated carbocycles. The quantitative estimate of drug-likeness (QED) is 0.424. The summed E-state index contributed by atoms with van der Waals surface area (Å²) in [6, 6.07) is 9.27. The highest BCUT2D eigenvalue weighted by molar-refractivity contribution is 6.30. The van der Waals surface area contributed by atoms with E-state index in [0.717, 1.165) is 0 Å². The zero-order chi connectivity index (χ0) is 19.1. The number of nitrogens with two attached hydrogens (primary N) is 1. The third-order valence-electron chi connectivity index (χ3n) is 3.30. The number of hydrogen-bond acceptors (Lipinski definition) is 5. The molecule has 0 aliphatic carbocycles. The van der Waals surface area contributed by atoms with Crippen LogP contribution in [0.2, 0.25) is 5.02 Å². The number of halogens is 3. The number of benzene rings is 2. The third-order valence-corrected chi connectivity index (χ3v) is 3.54. The summed E-state index contributed by atoms with van der Waals surface area (Å²) in [6.07, 6.45) is 0. The normalized spacial score (nSPS) is 11.4. The lowest BCUT2D eigenvalue weighted by Crippen LogP contribution is -2.14. The molecule has 0 bridgehead atoms. The van der Waals surface area contributed by atoms with Crippen molar-refractivity contribution in [2.45, 2.75) is 13.2 Å². The van der Waals surface area contributed by atoms with Gasteiger partial charge in [-0.1, -0.05) is 16.8 Å². The minimum atomic E-state index is -2.96. The molecule has 2 N–H and O–H groups in total. The maximum Gasteiger partial charge on any atom is 0.387 e. The van der Waals surface area contributed by atoms with Crippen LogP contribution in [0.25, 0.3) is 0 Å². The first-order valence-corrected chi connectivity index (χ1v) is 7.73. The summed E-state index contributed by atoms with van der Waals surface area (Å²) in [5, 5.41) is 4.34. The average molecular weight is 387 g/mol. The molecular formula is C17H17ClF2N2O4. The summed E-state index contributed by atoms with van der Waals surface area (Å²) in [7, 11) is 2.85. The number of methoxy groups -OCH3 is 2. The van der Waals surface area contributed by atoms with E-state index in [2.05, 4.69) is 9.89 Å². The van der Waals surface area contributed by atoms with Gasteiger partial charge in [-0.2, -0.15) is 8.78 Å². The van der Waals surface area contributed by atoms with Gasteiger partial charge in [0, 0.05) is 16.1 Å². The molecule has 0 fully saturated rings. The average Bonchev–Trinajstić information content (AvgIpc) is 2.61. The van der Waals surface area contributed by atoms with Crippen molar-refractivity contribution in [1.82, 2.24) is 0 Å². The topological polar surface area (TPSA) is 75.3 Å². The van der Waals surface area contributed by atoms with Crippen LogP contribution in [-0.2, 0) is 11.4 Å². The zero-order valence-electron chi connectivity index (χ0n) is 14.0. The van der Waals surface area contributed by atoms with Gasteiger partial charge in [-0.25, -0.2) is 0 Å². The molecule has 2 aromatic rings. The minimum Gasteiger partial charge on any atom is -0.496 e. The summed E-state index contributed by atoms with van der Waals surface area (Å²) in [4.78, 5) is 5.23. The van der Waals surface area contributed by atoms with Gasteiger partial charge in [0.1, 0.15) is 12.4 Å². The molecule has 0 spiro atoms. The van der Waals surface area contributed by atoms with Gasteiger partial charge in [0.2, 0.25) is 0 Å². The second-order valence-electron chi connectivity index (χ2n) is 4.95. The lowest BCUT2D eigenvalue weighted by atomic mass is 10.2. The van der Waals surface area contributed by atoms with Gasteiger partial charge in [0.25, 0.3) is 0 Å². The lowest BCUT2D eigenvalue weighted by Gasteiger charge is -2.11. The monoisotopic (exact) mass is 386 g/mol. The fourth-order valence-corrected chi connectivity index (χ4v) is 2.30. The van der Waals surface area contributed by atoms with Gasteiger partial charge in [0.15, 0.2) is 17.3 Å². The second kappa shape index (κ2) is 9.10. The van der Waals surface area contributed by atoms with E-state index in [0.29, 0.717) is 21.9 Å². The highest BCUT2D eigenvalue weighted by atomic mass is 35.5. The smallest absolute Gasteiger partial charge is 0.387 e. The Balaban J connectivity index is 2.11. The maximum atomic E-state index is 12.3. The zero-order valence-corrected chi connectivity index (χ0v) is 14.8. The van der Waals surface area contributed by atoms with E-state index in [1.807, 2.05) is 0 Å². The van der Waals surface area contributed by atoms with Gasteiger partial charge in [-0.05, 0) is 36.4 Å². The van der Waals surface area contributed by atoms with E-state index in [1.54, 1.807) is 18.2 Å². The Morgan fingerprint density at radius 3 is 2.42 bits per heavy atom. The number of nitrogens with zero attached hydrogens (tertiary/aromatic N) is 1. The van der Waals surface area contributed by atoms with Crippen LogP contribution in [0.1, 0.15) is 11.1 Å². The Morgan fingerprint density at radius 2 is 1.77 bits per heavy atom. The first kappa shape index (κ1) is 19.6. The van der Waals surface area contributed by atoms with Crippen molar-refractivity contribution < 1.29 is 27.8 Å². The van der Waals surface area contributed by atoms with Crippen molar-refractivity contribution in [3.8, 4) is 17.2 Å². The van der Waals surface area contributed by atoms with Gasteiger partial charge in [-0.15, -0.1) is 0 Å². The number of hydrogen-bond donors (Lipinski definition) is 1. The largest absolute Gasteiger partial charge is 0.496 e. The molecule has 2 aromatic carbocycles. The number of ether oxygens (including phenoxy) is 3. The molecule has 0 unspecified atom stereocenters. The van der Waals surface area contributed by atoms with Crippen LogP contribution in [0, 0.1) is 0 Å². The summed E-state index contributed by atoms with van der Waals surface area (Å²) in [6.45, 7) is -2.88. The minimum absolute atomic E-state index is 0.0351. The van der Waals surface area contributed by atoms with E-state index in [-0.39, 0.29) is 23.9 Å². The number of alkyl halides is 2. The number of amidine groups is 1. The number of rotatable bonds is 8. The van der Waals surface area contributed by atoms with Crippen LogP contribution in [0.5, 0.6) is 17.2 Å². The molecular weight excluding hydrogens is 370 g/mol. The Kier molecular flexibility index (Phi) is 6.85. The highest BCUT2D eigenvalue weighted by Gasteiger charge is 2.12. The first-order valence-electron chi connectivity index (χ1n) is 7.35. The van der Waals surface area contributed by atoms with Gasteiger partial charge < -0.3 is 24.8 Å². The fraction of sp³-hybridized carbons (Fsp3) is 0.235. The van der Waals surface area contributed by atoms with Crippen LogP contribution >= 0.6 is 11.6 Å². The maximum absolute atomic E-state index is 12.3. The molecule has 6 nitrogen and oxygen atoms in total. The van der Waals surface area contributed by atoms with Crippen molar-refractivity contribution in [2.24, 2.45) is 10.9 Å². The first-order chi connectivity index (χ1) is 12.4. The molecule has 0 atom stereocenters. The predicted molar refractivity (Wildman–Crippen MR) is 93.1 cm³/mol. The summed E-state index contributed by atoms with van der Waals surface area (Å²) >= 11 is 5.94. The standard InChI is InChI=1S/C17H17ClF2N2O4/c1-23-13-6-4-12(18)7-11(13)9-25-22-16(21)10-3-5-14(26-17(19)20)15(8-10)24-2/h3-8,17H,9H2,1-2H3,(H2,21,22). The Bertz CT molecular complexity index is 787. The van der Waals surface area contributed by atoms with Gasteiger partial charge >= 0.3 is 6.61 Å². The van der Waals surface area contributed by atoms with Gasteiger partial charge in [0.05, 0.1) is 14.2 Å². The number of oxime groups is 1. The Morgan fingerprint density at radius 1 is 1.08 bits per heavy atom. The molecule has 0 aromatic heterocycles. The van der Waals surface area contributed by atoms with Gasteiger partial charge in [-0.3, -0.25) is 0 Å². The molecule has 2 rings (SSSR count). The van der Waals surface area contributed by atoms with E-state index >= 15 is 0 Å². The molecule has 140 valence electrons. The molecule has 0 heterocycles. The van der Waals surface area contributed by atoms with E-state index < -0.39 is 6.61 Å². The highest BCUT2D eigenvalue weighted by Crippen LogP contribution is 2.29. The summed E-state index contributed by atoms with van der Waals surface area (Å²) < 4.78 is 39.3. The van der Waals surface area contributed by atoms with E-state index in [1.165, 1.54) is 32.4 Å². The SMILES string of the molecule is COc1ccc(Cl)cc1CO/N=C(/N)c1ccc(OC(F)F)c(OC)c1. The van der Waals surface area contributed by atoms with Crippen molar-refractivity contribution in [2.75, 3.05) is 14.2 Å². The molecule has 0 radical (unpaired) electrons. The molecule has 0 aliphatic rings. The van der Waals surface area contributed by atoms with Crippen molar-refractivity contribution >= 4 is 17.4 Å². The van der Waals surface area contributed by atoms with Crippen LogP contribution < -0.4 is 19.9 Å². The van der Waals surface area contributed by atoms with Crippen molar-refractivity contribution in [1.29, 1.82) is 0 Å². The van der Waals surface area contributed by atoms with Crippen molar-refractivity contribution in [3.05, 3.63) is 52.5 Å².